The summed E-state index contributed by atoms with van der Waals surface area (Å²) in [6.45, 7) is 6.89. The summed E-state index contributed by atoms with van der Waals surface area (Å²) in [5.74, 6) is -0.510. The van der Waals surface area contributed by atoms with E-state index < -0.39 is 20.0 Å². The summed E-state index contributed by atoms with van der Waals surface area (Å²) in [5.41, 5.74) is 0. The largest absolute Gasteiger partial charge is 0.472 e. The molecule has 84 heavy (non-hydrogen) atoms. The third kappa shape index (κ3) is 63.4. The molecule has 0 fully saturated rings. The van der Waals surface area contributed by atoms with Gasteiger partial charge in [0.2, 0.25) is 5.91 Å². The lowest BCUT2D eigenvalue weighted by molar-refractivity contribution is -0.870. The van der Waals surface area contributed by atoms with E-state index in [1.165, 1.54) is 180 Å². The minimum absolute atomic E-state index is 0.0357. The maximum atomic E-state index is 13.6. The number of rotatable bonds is 63. The third-order valence-electron chi connectivity index (χ3n) is 15.3. The quantitative estimate of drug-likeness (QED) is 0.0205. The number of hydrogen-bond donors (Lipinski definition) is 2. The molecule has 3 atom stereocenters. The normalized spacial score (nSPS) is 14.1. The predicted octanol–water partition coefficient (Wildman–Crippen LogP) is 22.3. The van der Waals surface area contributed by atoms with Crippen molar-refractivity contribution in [1.29, 1.82) is 0 Å². The Kier molecular flexibility index (Phi) is 60.7. The van der Waals surface area contributed by atoms with Crippen LogP contribution >= 0.6 is 7.82 Å². The smallest absolute Gasteiger partial charge is 0.456 e. The summed E-state index contributed by atoms with van der Waals surface area (Å²) in [7, 11) is 1.49. The van der Waals surface area contributed by atoms with Crippen LogP contribution in [0.25, 0.3) is 0 Å². The molecule has 0 aliphatic heterocycles. The molecule has 0 aliphatic rings. The Labute approximate surface area is 519 Å². The van der Waals surface area contributed by atoms with Crippen LogP contribution in [-0.4, -0.2) is 74.3 Å². The maximum absolute atomic E-state index is 13.6. The molecule has 0 aliphatic carbocycles. The topological polar surface area (TPSA) is 111 Å². The van der Waals surface area contributed by atoms with Crippen molar-refractivity contribution in [3.63, 3.8) is 0 Å². The molecule has 9 nitrogen and oxygen atoms in total. The van der Waals surface area contributed by atoms with Crippen molar-refractivity contribution in [3.05, 3.63) is 97.2 Å². The van der Waals surface area contributed by atoms with E-state index in [0.29, 0.717) is 17.4 Å². The monoisotopic (exact) mass is 1190 g/mol. The van der Waals surface area contributed by atoms with E-state index >= 15 is 0 Å². The fourth-order valence-corrected chi connectivity index (χ4v) is 10.6. The van der Waals surface area contributed by atoms with Crippen LogP contribution < -0.4 is 5.32 Å². The van der Waals surface area contributed by atoms with Crippen LogP contribution in [-0.2, 0) is 27.9 Å². The molecule has 0 saturated heterocycles. The average Bonchev–Trinajstić information content (AvgIpc) is 3.64. The van der Waals surface area contributed by atoms with Crippen molar-refractivity contribution in [2.75, 3.05) is 40.9 Å². The van der Waals surface area contributed by atoms with Crippen molar-refractivity contribution in [2.45, 2.75) is 322 Å². The van der Waals surface area contributed by atoms with Crippen LogP contribution in [0.5, 0.6) is 0 Å². The van der Waals surface area contributed by atoms with Gasteiger partial charge in [0.05, 0.1) is 33.8 Å². The number of quaternary nitrogens is 1. The molecule has 0 aromatic heterocycles. The van der Waals surface area contributed by atoms with Crippen LogP contribution in [0.15, 0.2) is 97.2 Å². The zero-order chi connectivity index (χ0) is 61.4. The number of amides is 1. The molecule has 0 spiro atoms. The molecule has 0 heterocycles. The van der Waals surface area contributed by atoms with E-state index in [1.54, 1.807) is 0 Å². The number of likely N-dealkylation sites (N-methyl/N-ethyl adjacent to an activating group) is 1. The molecule has 486 valence electrons. The number of carbonyl (C=O) groups excluding carboxylic acids is 2. The number of unbranched alkanes of at least 4 members (excludes halogenated alkanes) is 33. The Morgan fingerprint density at radius 1 is 0.429 bits per heavy atom. The van der Waals surface area contributed by atoms with Crippen LogP contribution in [0, 0.1) is 0 Å². The van der Waals surface area contributed by atoms with Gasteiger partial charge in [-0.2, -0.15) is 0 Å². The predicted molar refractivity (Wildman–Crippen MR) is 364 cm³/mol. The van der Waals surface area contributed by atoms with Crippen molar-refractivity contribution in [3.8, 4) is 0 Å². The third-order valence-corrected chi connectivity index (χ3v) is 16.2. The Morgan fingerprint density at radius 2 is 0.762 bits per heavy atom. The number of hydrogen-bond acceptors (Lipinski definition) is 6. The molecular weight excluding hydrogens is 1060 g/mol. The number of ether oxygens (including phenoxy) is 1. The van der Waals surface area contributed by atoms with Gasteiger partial charge in [-0.25, -0.2) is 4.57 Å². The lowest BCUT2D eigenvalue weighted by Gasteiger charge is -2.27. The van der Waals surface area contributed by atoms with E-state index in [2.05, 4.69) is 111 Å². The summed E-state index contributed by atoms with van der Waals surface area (Å²) in [5, 5.41) is 3.07. The first-order valence-electron chi connectivity index (χ1n) is 35.1. The van der Waals surface area contributed by atoms with Gasteiger partial charge in [-0.15, -0.1) is 0 Å². The SMILES string of the molecule is CC/C=C\C/C=C\C/C=C\C/C=C\C/C=C\CCCCCCCCCCCCCC(=O)NC(COP(=O)(O)OCC[N+](C)(C)C)C(/C=C\CCCCCCCCCCCC)OC(=O)CCCCCCCCCCC/C=C\C/C=C\CCCCC. The van der Waals surface area contributed by atoms with Crippen molar-refractivity contribution < 1.29 is 37.3 Å². The van der Waals surface area contributed by atoms with Crippen molar-refractivity contribution >= 4 is 19.7 Å². The molecular formula is C74H134N2O7P+. The summed E-state index contributed by atoms with van der Waals surface area (Å²) < 4.78 is 30.8. The molecule has 1 amide bonds. The number of phosphoric acid groups is 1. The highest BCUT2D eigenvalue weighted by Gasteiger charge is 2.30. The number of nitrogens with zero attached hydrogens (tertiary/aromatic N) is 1. The number of esters is 1. The number of phosphoric ester groups is 1. The van der Waals surface area contributed by atoms with Gasteiger partial charge in [0.25, 0.3) is 0 Å². The fraction of sp³-hybridized carbons (Fsp3) is 0.757. The maximum Gasteiger partial charge on any atom is 0.472 e. The molecule has 0 saturated carbocycles. The Bertz CT molecular complexity index is 1760. The highest BCUT2D eigenvalue weighted by atomic mass is 31.2. The molecule has 3 unspecified atom stereocenters. The van der Waals surface area contributed by atoms with E-state index in [4.69, 9.17) is 13.8 Å². The Balaban J connectivity index is 5.07. The fourth-order valence-electron chi connectivity index (χ4n) is 9.88. The van der Waals surface area contributed by atoms with Crippen LogP contribution in [0.2, 0.25) is 0 Å². The zero-order valence-corrected chi connectivity index (χ0v) is 56.5. The summed E-state index contributed by atoms with van der Waals surface area (Å²) in [4.78, 5) is 37.9. The number of carbonyl (C=O) groups is 2. The van der Waals surface area contributed by atoms with Gasteiger partial charge < -0.3 is 19.4 Å². The second-order valence-corrected chi connectivity index (χ2v) is 26.1. The standard InChI is InChI=1S/C74H133N2O7P/c1-7-10-13-16-19-22-25-28-30-32-34-35-36-37-38-39-40-41-43-44-46-48-51-54-57-60-63-66-73(77)75-71(70-82-84(79,80)81-69-68-76(4,5)6)72(65-62-59-56-53-50-27-24-21-18-15-12-9-3)83-74(78)67-64-61-58-55-52-49-47-45-42-33-31-29-26-23-20-17-14-11-8-2/h10,13,19-20,22-23,28-31,34-35,37-38,62,65,71-72H,7-9,11-12,14-18,21,24-27,32-33,36,39-61,63-64,66-70H2,1-6H3,(H-,75,77,79,80)/p+1/b13-10-,22-19-,23-20-,30-28-,31-29-,35-34-,38-37-,65-62-. The minimum Gasteiger partial charge on any atom is -0.456 e. The van der Waals surface area contributed by atoms with Gasteiger partial charge in [0, 0.05) is 12.8 Å². The molecule has 0 bridgehead atoms. The van der Waals surface area contributed by atoms with Crippen molar-refractivity contribution in [2.24, 2.45) is 0 Å². The summed E-state index contributed by atoms with van der Waals surface area (Å²) in [6.07, 6.45) is 85.5. The van der Waals surface area contributed by atoms with Crippen LogP contribution in [0.1, 0.15) is 310 Å². The first-order chi connectivity index (χ1) is 40.9. The average molecular weight is 1190 g/mol. The summed E-state index contributed by atoms with van der Waals surface area (Å²) >= 11 is 0. The van der Waals surface area contributed by atoms with Crippen molar-refractivity contribution in [1.82, 2.24) is 5.32 Å². The highest BCUT2D eigenvalue weighted by molar-refractivity contribution is 7.47. The second-order valence-electron chi connectivity index (χ2n) is 24.7. The van der Waals surface area contributed by atoms with Crippen LogP contribution in [0.3, 0.4) is 0 Å². The lowest BCUT2D eigenvalue weighted by atomic mass is 10.0. The Morgan fingerprint density at radius 3 is 1.17 bits per heavy atom. The molecule has 2 N–H and O–H groups in total. The van der Waals surface area contributed by atoms with E-state index in [-0.39, 0.29) is 31.5 Å². The molecule has 0 radical (unpaired) electrons. The minimum atomic E-state index is -4.46. The van der Waals surface area contributed by atoms with Gasteiger partial charge >= 0.3 is 13.8 Å². The van der Waals surface area contributed by atoms with Gasteiger partial charge in [-0.1, -0.05) is 285 Å². The first kappa shape index (κ1) is 80.9. The molecule has 0 aromatic carbocycles. The van der Waals surface area contributed by atoms with E-state index in [0.717, 1.165) is 96.3 Å². The van der Waals surface area contributed by atoms with Gasteiger partial charge in [0.15, 0.2) is 0 Å². The van der Waals surface area contributed by atoms with E-state index in [1.807, 2.05) is 33.3 Å². The molecule has 0 rings (SSSR count). The number of nitrogens with one attached hydrogen (secondary N) is 1. The first-order valence-corrected chi connectivity index (χ1v) is 36.6. The van der Waals surface area contributed by atoms with E-state index in [9.17, 15) is 19.0 Å². The zero-order valence-electron chi connectivity index (χ0n) is 55.6. The molecule has 0 aromatic rings. The second kappa shape index (κ2) is 63.0. The molecule has 10 heteroatoms. The van der Waals surface area contributed by atoms with Gasteiger partial charge in [-0.05, 0) is 109 Å². The number of allylic oxidation sites excluding steroid dienone is 15. The highest BCUT2D eigenvalue weighted by Crippen LogP contribution is 2.43. The summed E-state index contributed by atoms with van der Waals surface area (Å²) in [6, 6.07) is -0.857. The lowest BCUT2D eigenvalue weighted by Crippen LogP contribution is -2.47. The Hall–Kier alpha value is -3.07. The van der Waals surface area contributed by atoms with Gasteiger partial charge in [-0.3, -0.25) is 18.6 Å². The van der Waals surface area contributed by atoms with Crippen LogP contribution in [0.4, 0.5) is 0 Å². The van der Waals surface area contributed by atoms with Gasteiger partial charge in [0.1, 0.15) is 19.3 Å².